The van der Waals surface area contributed by atoms with Crippen molar-refractivity contribution in [3.8, 4) is 12.3 Å². The van der Waals surface area contributed by atoms with E-state index in [0.717, 1.165) is 70.9 Å². The molecule has 2 N–H and O–H groups in total. The molecule has 2 rings (SSSR count). The zero-order valence-corrected chi connectivity index (χ0v) is 19.7. The minimum absolute atomic E-state index is 0.0262. The summed E-state index contributed by atoms with van der Waals surface area (Å²) >= 11 is 0. The molecular formula is C25H41N3O4. The first-order valence-corrected chi connectivity index (χ1v) is 12.4. The highest BCUT2D eigenvalue weighted by Crippen LogP contribution is 2.21. The molecule has 2 aliphatic rings. The number of likely N-dealkylation sites (tertiary alicyclic amines) is 1. The van der Waals surface area contributed by atoms with Crippen LogP contribution < -0.4 is 10.6 Å². The van der Waals surface area contributed by atoms with Crippen molar-refractivity contribution in [1.29, 1.82) is 0 Å². The van der Waals surface area contributed by atoms with Crippen molar-refractivity contribution >= 4 is 17.8 Å². The highest BCUT2D eigenvalue weighted by atomic mass is 16.5. The molecule has 2 heterocycles. The van der Waals surface area contributed by atoms with Crippen molar-refractivity contribution in [2.45, 2.75) is 83.6 Å². The van der Waals surface area contributed by atoms with Gasteiger partial charge < -0.3 is 20.3 Å². The molecule has 32 heavy (non-hydrogen) atoms. The van der Waals surface area contributed by atoms with Crippen molar-refractivity contribution in [3.63, 3.8) is 0 Å². The minimum atomic E-state index is -0.684. The van der Waals surface area contributed by atoms with Crippen LogP contribution in [0.3, 0.4) is 0 Å². The summed E-state index contributed by atoms with van der Waals surface area (Å²) in [5, 5.41) is 6.15. The number of hydrogen-bond acceptors (Lipinski definition) is 5. The van der Waals surface area contributed by atoms with Crippen molar-refractivity contribution in [2.24, 2.45) is 11.8 Å². The summed E-state index contributed by atoms with van der Waals surface area (Å²) in [4.78, 5) is 39.3. The fraction of sp³-hybridized carbons (Fsp3) is 0.800. The van der Waals surface area contributed by atoms with Gasteiger partial charge in [0, 0.05) is 19.5 Å². The van der Waals surface area contributed by atoms with Gasteiger partial charge in [0.2, 0.25) is 11.8 Å². The van der Waals surface area contributed by atoms with Gasteiger partial charge in [-0.3, -0.25) is 14.4 Å². The van der Waals surface area contributed by atoms with Gasteiger partial charge in [0.15, 0.2) is 0 Å². The van der Waals surface area contributed by atoms with Gasteiger partial charge in [0.1, 0.15) is 6.04 Å². The maximum absolute atomic E-state index is 12.8. The Morgan fingerprint density at radius 2 is 1.97 bits per heavy atom. The van der Waals surface area contributed by atoms with Crippen molar-refractivity contribution in [3.05, 3.63) is 0 Å². The number of rotatable bonds is 12. The Kier molecular flexibility index (Phi) is 12.2. The standard InChI is InChI=1S/C25H41N3O4/c1-3-5-6-7-17-32-24(30)18-22(4-2)27-25(31)21-9-8-16-28(19-21)23(29)11-10-20-12-14-26-15-13-20/h2,20-22,26H,3,5-19H2,1H3,(H,27,31)/t21-,22-/m1/s1. The fourth-order valence-electron chi connectivity index (χ4n) is 4.46. The number of hydrogen-bond donors (Lipinski definition) is 2. The fourth-order valence-corrected chi connectivity index (χ4v) is 4.46. The molecule has 0 aromatic carbocycles. The molecule has 0 spiro atoms. The number of amides is 2. The van der Waals surface area contributed by atoms with Gasteiger partial charge in [-0.1, -0.05) is 32.1 Å². The molecule has 0 unspecified atom stereocenters. The second-order valence-corrected chi connectivity index (χ2v) is 9.12. The number of unbranched alkanes of at least 4 members (excludes halogenated alkanes) is 3. The first-order chi connectivity index (χ1) is 15.5. The molecule has 2 saturated heterocycles. The second kappa shape index (κ2) is 14.9. The van der Waals surface area contributed by atoms with Gasteiger partial charge in [0.25, 0.3) is 0 Å². The molecule has 7 heteroatoms. The third kappa shape index (κ3) is 9.60. The summed E-state index contributed by atoms with van der Waals surface area (Å²) in [5.41, 5.74) is 0. The van der Waals surface area contributed by atoms with E-state index in [1.165, 1.54) is 0 Å². The molecule has 7 nitrogen and oxygen atoms in total. The smallest absolute Gasteiger partial charge is 0.308 e. The van der Waals surface area contributed by atoms with Gasteiger partial charge >= 0.3 is 5.97 Å². The molecule has 0 aromatic heterocycles. The third-order valence-electron chi connectivity index (χ3n) is 6.52. The highest BCUT2D eigenvalue weighted by molar-refractivity contribution is 5.82. The Hall–Kier alpha value is -2.07. The van der Waals surface area contributed by atoms with E-state index >= 15 is 0 Å². The summed E-state index contributed by atoms with van der Waals surface area (Å²) in [6.45, 7) is 5.72. The zero-order valence-electron chi connectivity index (χ0n) is 19.7. The summed E-state index contributed by atoms with van der Waals surface area (Å²) in [7, 11) is 0. The topological polar surface area (TPSA) is 87.7 Å². The van der Waals surface area contributed by atoms with Gasteiger partial charge in [-0.15, -0.1) is 6.42 Å². The Labute approximate surface area is 193 Å². The van der Waals surface area contributed by atoms with Crippen molar-refractivity contribution in [2.75, 3.05) is 32.8 Å². The van der Waals surface area contributed by atoms with Gasteiger partial charge in [0.05, 0.1) is 18.9 Å². The van der Waals surface area contributed by atoms with E-state index in [0.29, 0.717) is 32.0 Å². The van der Waals surface area contributed by atoms with Gasteiger partial charge in [-0.2, -0.15) is 0 Å². The molecule has 2 atom stereocenters. The Morgan fingerprint density at radius 3 is 2.69 bits per heavy atom. The first-order valence-electron chi connectivity index (χ1n) is 12.4. The van der Waals surface area contributed by atoms with Crippen LogP contribution in [-0.2, 0) is 19.1 Å². The van der Waals surface area contributed by atoms with E-state index in [2.05, 4.69) is 23.5 Å². The minimum Gasteiger partial charge on any atom is -0.466 e. The average Bonchev–Trinajstić information content (AvgIpc) is 2.82. The normalized spacial score (nSPS) is 20.2. The van der Waals surface area contributed by atoms with Crippen molar-refractivity contribution in [1.82, 2.24) is 15.5 Å². The lowest BCUT2D eigenvalue weighted by Gasteiger charge is -2.33. The lowest BCUT2D eigenvalue weighted by Crippen LogP contribution is -2.47. The summed E-state index contributed by atoms with van der Waals surface area (Å²) in [6, 6.07) is -0.684. The maximum atomic E-state index is 12.8. The van der Waals surface area contributed by atoms with Crippen LogP contribution in [0.2, 0.25) is 0 Å². The van der Waals surface area contributed by atoms with E-state index in [9.17, 15) is 14.4 Å². The van der Waals surface area contributed by atoms with Crippen LogP contribution in [0.5, 0.6) is 0 Å². The molecule has 0 aliphatic carbocycles. The number of piperidine rings is 2. The predicted octanol–water partition coefficient (Wildman–Crippen LogP) is 2.64. The molecule has 2 fully saturated rings. The first kappa shape index (κ1) is 26.2. The van der Waals surface area contributed by atoms with Crippen LogP contribution in [0.1, 0.15) is 77.6 Å². The Morgan fingerprint density at radius 1 is 1.19 bits per heavy atom. The molecule has 2 aliphatic heterocycles. The molecule has 0 aromatic rings. The predicted molar refractivity (Wildman–Crippen MR) is 125 cm³/mol. The zero-order chi connectivity index (χ0) is 23.2. The quantitative estimate of drug-likeness (QED) is 0.273. The Balaban J connectivity index is 1.71. The third-order valence-corrected chi connectivity index (χ3v) is 6.52. The van der Waals surface area contributed by atoms with E-state index in [4.69, 9.17) is 11.2 Å². The highest BCUT2D eigenvalue weighted by Gasteiger charge is 2.30. The van der Waals surface area contributed by atoms with E-state index < -0.39 is 6.04 Å². The summed E-state index contributed by atoms with van der Waals surface area (Å²) in [6.07, 6.45) is 14.9. The number of esters is 1. The largest absolute Gasteiger partial charge is 0.466 e. The molecule has 180 valence electrons. The molecular weight excluding hydrogens is 406 g/mol. The molecule has 0 bridgehead atoms. The van der Waals surface area contributed by atoms with E-state index in [-0.39, 0.29) is 30.1 Å². The molecule has 0 radical (unpaired) electrons. The van der Waals surface area contributed by atoms with E-state index in [1.807, 2.05) is 4.90 Å². The van der Waals surface area contributed by atoms with Crippen LogP contribution >= 0.6 is 0 Å². The molecule has 2 amide bonds. The monoisotopic (exact) mass is 447 g/mol. The summed E-state index contributed by atoms with van der Waals surface area (Å²) < 4.78 is 5.23. The summed E-state index contributed by atoms with van der Waals surface area (Å²) in [5.74, 6) is 2.39. The van der Waals surface area contributed by atoms with Gasteiger partial charge in [-0.25, -0.2) is 0 Å². The van der Waals surface area contributed by atoms with Crippen LogP contribution in [-0.4, -0.2) is 61.5 Å². The number of carbonyl (C=O) groups is 3. The second-order valence-electron chi connectivity index (χ2n) is 9.12. The number of carbonyl (C=O) groups excluding carboxylic acids is 3. The number of terminal acetylenes is 1. The SMILES string of the molecule is C#C[C@H](CC(=O)OCCCCCC)NC(=O)[C@@H]1CCCN(C(=O)CCC2CCNCC2)C1. The number of nitrogens with zero attached hydrogens (tertiary/aromatic N) is 1. The van der Waals surface area contributed by atoms with Crippen LogP contribution in [0.4, 0.5) is 0 Å². The van der Waals surface area contributed by atoms with Crippen LogP contribution in [0.25, 0.3) is 0 Å². The number of nitrogens with one attached hydrogen (secondary N) is 2. The van der Waals surface area contributed by atoms with Crippen LogP contribution in [0, 0.1) is 24.2 Å². The van der Waals surface area contributed by atoms with Crippen molar-refractivity contribution < 1.29 is 19.1 Å². The lowest BCUT2D eigenvalue weighted by atomic mass is 9.92. The van der Waals surface area contributed by atoms with E-state index in [1.54, 1.807) is 0 Å². The number of ether oxygens (including phenoxy) is 1. The van der Waals surface area contributed by atoms with Crippen LogP contribution in [0.15, 0.2) is 0 Å². The lowest BCUT2D eigenvalue weighted by molar-refractivity contribution is -0.144. The molecule has 0 saturated carbocycles. The average molecular weight is 448 g/mol. The van der Waals surface area contributed by atoms with Gasteiger partial charge in [-0.05, 0) is 57.5 Å². The maximum Gasteiger partial charge on any atom is 0.308 e. The Bertz CT molecular complexity index is 640.